The molecule has 1 aliphatic heterocycles. The van der Waals surface area contributed by atoms with Crippen molar-refractivity contribution in [1.29, 1.82) is 0 Å². The zero-order valence-electron chi connectivity index (χ0n) is 14.1. The van der Waals surface area contributed by atoms with Gasteiger partial charge in [-0.1, -0.05) is 0 Å². The van der Waals surface area contributed by atoms with Gasteiger partial charge in [0, 0.05) is 24.4 Å². The van der Waals surface area contributed by atoms with Crippen LogP contribution in [0.2, 0.25) is 0 Å². The van der Waals surface area contributed by atoms with Gasteiger partial charge in [0.2, 0.25) is 0 Å². The second kappa shape index (κ2) is 6.66. The molecule has 0 spiro atoms. The van der Waals surface area contributed by atoms with Gasteiger partial charge in [-0.2, -0.15) is 5.10 Å². The maximum absolute atomic E-state index is 4.46. The van der Waals surface area contributed by atoms with Crippen LogP contribution in [0.3, 0.4) is 0 Å². The summed E-state index contributed by atoms with van der Waals surface area (Å²) in [7, 11) is 1.80. The molecule has 0 aliphatic carbocycles. The number of nitrogens with zero attached hydrogens (tertiary/aromatic N) is 5. The van der Waals surface area contributed by atoms with E-state index in [4.69, 9.17) is 0 Å². The van der Waals surface area contributed by atoms with E-state index in [0.717, 1.165) is 54.2 Å². The van der Waals surface area contributed by atoms with Crippen LogP contribution >= 0.6 is 11.3 Å². The van der Waals surface area contributed by atoms with Gasteiger partial charge in [-0.3, -0.25) is 4.99 Å². The highest BCUT2D eigenvalue weighted by molar-refractivity contribution is 7.11. The average molecular weight is 333 g/mol. The number of nitrogens with one attached hydrogen (secondary N) is 2. The predicted molar refractivity (Wildman–Crippen MR) is 91.8 cm³/mol. The summed E-state index contributed by atoms with van der Waals surface area (Å²) in [5, 5.41) is 12.4. The molecule has 0 bridgehead atoms. The van der Waals surface area contributed by atoms with E-state index >= 15 is 0 Å². The summed E-state index contributed by atoms with van der Waals surface area (Å²) in [5.74, 6) is 2.75. The molecule has 7 nitrogen and oxygen atoms in total. The van der Waals surface area contributed by atoms with Gasteiger partial charge in [-0.15, -0.1) is 11.3 Å². The largest absolute Gasteiger partial charge is 0.352 e. The van der Waals surface area contributed by atoms with Gasteiger partial charge in [0.05, 0.1) is 23.8 Å². The molecule has 124 valence electrons. The number of hydrogen-bond acceptors (Lipinski definition) is 5. The SMILES string of the molecule is CN=C(NCc1sc(C)nc1C)NC1CCc2nc(C)nn2C1. The molecule has 1 unspecified atom stereocenters. The molecule has 0 fully saturated rings. The summed E-state index contributed by atoms with van der Waals surface area (Å²) in [6, 6.07) is 0.319. The molecule has 2 aromatic rings. The lowest BCUT2D eigenvalue weighted by atomic mass is 10.1. The molecule has 8 heteroatoms. The molecule has 2 aromatic heterocycles. The van der Waals surface area contributed by atoms with Crippen LogP contribution in [0.1, 0.15) is 33.6 Å². The average Bonchev–Trinajstić information content (AvgIpc) is 3.03. The highest BCUT2D eigenvalue weighted by Crippen LogP contribution is 2.16. The third kappa shape index (κ3) is 3.69. The van der Waals surface area contributed by atoms with E-state index < -0.39 is 0 Å². The van der Waals surface area contributed by atoms with Crippen molar-refractivity contribution in [2.45, 2.75) is 52.7 Å². The van der Waals surface area contributed by atoms with E-state index in [2.05, 4.69) is 30.7 Å². The van der Waals surface area contributed by atoms with Gasteiger partial charge in [0.25, 0.3) is 0 Å². The molecule has 1 atom stereocenters. The van der Waals surface area contributed by atoms with Crippen molar-refractivity contribution >= 4 is 17.3 Å². The minimum absolute atomic E-state index is 0.319. The Bertz CT molecular complexity index is 715. The highest BCUT2D eigenvalue weighted by Gasteiger charge is 2.21. The Morgan fingerprint density at radius 3 is 2.87 bits per heavy atom. The lowest BCUT2D eigenvalue weighted by Crippen LogP contribution is -2.46. The van der Waals surface area contributed by atoms with Gasteiger partial charge < -0.3 is 10.6 Å². The van der Waals surface area contributed by atoms with Gasteiger partial charge in [0.15, 0.2) is 5.96 Å². The van der Waals surface area contributed by atoms with Crippen LogP contribution in [0.15, 0.2) is 4.99 Å². The first-order valence-corrected chi connectivity index (χ1v) is 8.67. The van der Waals surface area contributed by atoms with Crippen LogP contribution in [-0.4, -0.2) is 38.8 Å². The first-order chi connectivity index (χ1) is 11.0. The van der Waals surface area contributed by atoms with Crippen molar-refractivity contribution in [2.24, 2.45) is 4.99 Å². The number of aromatic nitrogens is 4. The van der Waals surface area contributed by atoms with E-state index in [9.17, 15) is 0 Å². The van der Waals surface area contributed by atoms with Gasteiger partial charge in [0.1, 0.15) is 11.6 Å². The quantitative estimate of drug-likeness (QED) is 0.654. The Morgan fingerprint density at radius 1 is 1.35 bits per heavy atom. The highest BCUT2D eigenvalue weighted by atomic mass is 32.1. The maximum Gasteiger partial charge on any atom is 0.191 e. The van der Waals surface area contributed by atoms with Crippen molar-refractivity contribution in [3.63, 3.8) is 0 Å². The van der Waals surface area contributed by atoms with Crippen molar-refractivity contribution in [1.82, 2.24) is 30.4 Å². The van der Waals surface area contributed by atoms with Crippen molar-refractivity contribution in [3.8, 4) is 0 Å². The number of aryl methyl sites for hydroxylation is 4. The fourth-order valence-corrected chi connectivity index (χ4v) is 3.72. The Kier molecular flexibility index (Phi) is 4.61. The fourth-order valence-electron chi connectivity index (χ4n) is 2.84. The van der Waals surface area contributed by atoms with Crippen LogP contribution < -0.4 is 10.6 Å². The number of rotatable bonds is 3. The smallest absolute Gasteiger partial charge is 0.191 e. The summed E-state index contributed by atoms with van der Waals surface area (Å²) >= 11 is 1.73. The molecule has 0 radical (unpaired) electrons. The first kappa shape index (κ1) is 15.9. The molecule has 0 saturated carbocycles. The first-order valence-electron chi connectivity index (χ1n) is 7.85. The monoisotopic (exact) mass is 333 g/mol. The number of hydrogen-bond donors (Lipinski definition) is 2. The zero-order chi connectivity index (χ0) is 16.4. The zero-order valence-corrected chi connectivity index (χ0v) is 14.9. The van der Waals surface area contributed by atoms with Crippen molar-refractivity contribution in [2.75, 3.05) is 7.05 Å². The Morgan fingerprint density at radius 2 is 2.17 bits per heavy atom. The van der Waals surface area contributed by atoms with E-state index in [1.807, 2.05) is 25.5 Å². The standard InChI is InChI=1S/C15H23N7S/c1-9-13(23-11(3)18-9)7-17-15(16-4)20-12-5-6-14-19-10(2)21-22(14)8-12/h12H,5-8H2,1-4H3,(H2,16,17,20). The minimum atomic E-state index is 0.319. The molecule has 3 heterocycles. The Balaban J connectivity index is 1.57. The number of guanidine groups is 1. The maximum atomic E-state index is 4.46. The summed E-state index contributed by atoms with van der Waals surface area (Å²) in [5.41, 5.74) is 1.09. The molecular formula is C15H23N7S. The summed E-state index contributed by atoms with van der Waals surface area (Å²) in [4.78, 5) is 14.5. The molecule has 23 heavy (non-hydrogen) atoms. The normalized spacial score (nSPS) is 17.9. The molecular weight excluding hydrogens is 310 g/mol. The number of fused-ring (bicyclic) bond motifs is 1. The van der Waals surface area contributed by atoms with E-state index in [0.29, 0.717) is 6.04 Å². The predicted octanol–water partition coefficient (Wildman–Crippen LogP) is 1.34. The third-order valence-electron chi connectivity index (χ3n) is 3.94. The van der Waals surface area contributed by atoms with Crippen LogP contribution in [0.4, 0.5) is 0 Å². The molecule has 1 aliphatic rings. The van der Waals surface area contributed by atoms with Gasteiger partial charge in [-0.25, -0.2) is 14.6 Å². The fraction of sp³-hybridized carbons (Fsp3) is 0.600. The van der Waals surface area contributed by atoms with Crippen LogP contribution in [0.25, 0.3) is 0 Å². The Labute approximate surface area is 140 Å². The van der Waals surface area contributed by atoms with Crippen LogP contribution in [0.5, 0.6) is 0 Å². The molecule has 0 aromatic carbocycles. The van der Waals surface area contributed by atoms with Gasteiger partial charge >= 0.3 is 0 Å². The number of thiazole rings is 1. The lowest BCUT2D eigenvalue weighted by Gasteiger charge is -2.25. The van der Waals surface area contributed by atoms with E-state index in [1.54, 1.807) is 18.4 Å². The van der Waals surface area contributed by atoms with Gasteiger partial charge in [-0.05, 0) is 27.2 Å². The van der Waals surface area contributed by atoms with Crippen LogP contribution in [-0.2, 0) is 19.5 Å². The number of aliphatic imine (C=N–C) groups is 1. The van der Waals surface area contributed by atoms with Crippen LogP contribution in [0, 0.1) is 20.8 Å². The summed E-state index contributed by atoms with van der Waals surface area (Å²) in [6.45, 7) is 7.60. The molecule has 3 rings (SSSR count). The second-order valence-corrected chi connectivity index (χ2v) is 7.09. The third-order valence-corrected chi connectivity index (χ3v) is 5.02. The van der Waals surface area contributed by atoms with E-state index in [-0.39, 0.29) is 0 Å². The molecule has 0 amide bonds. The minimum Gasteiger partial charge on any atom is -0.352 e. The summed E-state index contributed by atoms with van der Waals surface area (Å²) < 4.78 is 2.00. The topological polar surface area (TPSA) is 80.0 Å². The molecule has 2 N–H and O–H groups in total. The van der Waals surface area contributed by atoms with Crippen molar-refractivity contribution < 1.29 is 0 Å². The lowest BCUT2D eigenvalue weighted by molar-refractivity contribution is 0.392. The second-order valence-electron chi connectivity index (χ2n) is 5.80. The van der Waals surface area contributed by atoms with Crippen molar-refractivity contribution in [3.05, 3.63) is 27.2 Å². The Hall–Kier alpha value is -1.96. The summed E-state index contributed by atoms with van der Waals surface area (Å²) in [6.07, 6.45) is 1.99. The molecule has 0 saturated heterocycles. The van der Waals surface area contributed by atoms with E-state index in [1.165, 1.54) is 4.88 Å².